The van der Waals surface area contributed by atoms with E-state index < -0.39 is 10.9 Å². The van der Waals surface area contributed by atoms with E-state index in [-0.39, 0.29) is 11.3 Å². The summed E-state index contributed by atoms with van der Waals surface area (Å²) in [4.78, 5) is 21.1. The molecule has 0 heterocycles. The van der Waals surface area contributed by atoms with E-state index in [4.69, 9.17) is 9.84 Å². The van der Waals surface area contributed by atoms with Gasteiger partial charge in [-0.1, -0.05) is 6.07 Å². The Labute approximate surface area is 127 Å². The Morgan fingerprint density at radius 1 is 1.20 bits per heavy atom. The minimum atomic E-state index is -1.05. The lowest BCUT2D eigenvalue weighted by atomic mass is 10.2. The van der Waals surface area contributed by atoms with E-state index in [0.29, 0.717) is 15.1 Å². The highest BCUT2D eigenvalue weighted by molar-refractivity contribution is 14.1. The third kappa shape index (κ3) is 3.23. The maximum Gasteiger partial charge on any atom is 0.335 e. The molecule has 0 aliphatic carbocycles. The van der Waals surface area contributed by atoms with Crippen LogP contribution in [-0.2, 0) is 0 Å². The molecule has 0 aromatic heterocycles. The Morgan fingerprint density at radius 2 is 1.90 bits per heavy atom. The molecular weight excluding hydrogens is 377 g/mol. The van der Waals surface area contributed by atoms with Gasteiger partial charge in [-0.25, -0.2) is 4.79 Å². The van der Waals surface area contributed by atoms with Gasteiger partial charge >= 0.3 is 5.97 Å². The zero-order valence-corrected chi connectivity index (χ0v) is 12.1. The predicted molar refractivity (Wildman–Crippen MR) is 79.3 cm³/mol. The SMILES string of the molecule is O=C(O)c1cccc(Oc2ccc([N+](=O)[O-])c(I)c2)c1. The number of nitro groups is 1. The summed E-state index contributed by atoms with van der Waals surface area (Å²) in [6.07, 6.45) is 0. The molecule has 0 saturated heterocycles. The van der Waals surface area contributed by atoms with Crippen molar-refractivity contribution in [3.05, 3.63) is 61.7 Å². The van der Waals surface area contributed by atoms with Gasteiger partial charge in [-0.15, -0.1) is 0 Å². The van der Waals surface area contributed by atoms with Crippen molar-refractivity contribution in [3.8, 4) is 11.5 Å². The number of benzene rings is 2. The Bertz CT molecular complexity index is 686. The van der Waals surface area contributed by atoms with Gasteiger partial charge in [0, 0.05) is 12.1 Å². The van der Waals surface area contributed by atoms with Crippen molar-refractivity contribution in [2.75, 3.05) is 0 Å². The van der Waals surface area contributed by atoms with Crippen molar-refractivity contribution in [2.45, 2.75) is 0 Å². The van der Waals surface area contributed by atoms with Crippen molar-refractivity contribution < 1.29 is 19.6 Å². The Hall–Kier alpha value is -2.16. The molecule has 0 radical (unpaired) electrons. The summed E-state index contributed by atoms with van der Waals surface area (Å²) >= 11 is 1.85. The van der Waals surface area contributed by atoms with Gasteiger partial charge < -0.3 is 9.84 Å². The van der Waals surface area contributed by atoms with E-state index in [9.17, 15) is 14.9 Å². The Balaban J connectivity index is 2.26. The van der Waals surface area contributed by atoms with Crippen molar-refractivity contribution in [2.24, 2.45) is 0 Å². The zero-order valence-electron chi connectivity index (χ0n) is 9.95. The van der Waals surface area contributed by atoms with Gasteiger partial charge in [-0.05, 0) is 46.9 Å². The maximum atomic E-state index is 10.8. The number of nitro benzene ring substituents is 1. The number of carbonyl (C=O) groups is 1. The first-order chi connectivity index (χ1) is 9.47. The second-order valence-corrected chi connectivity index (χ2v) is 4.97. The molecule has 0 amide bonds. The van der Waals surface area contributed by atoms with Gasteiger partial charge in [0.15, 0.2) is 0 Å². The fourth-order valence-corrected chi connectivity index (χ4v) is 2.21. The molecule has 2 aromatic rings. The highest BCUT2D eigenvalue weighted by atomic mass is 127. The van der Waals surface area contributed by atoms with Crippen molar-refractivity contribution in [1.29, 1.82) is 0 Å². The Kier molecular flexibility index (Phi) is 4.18. The summed E-state index contributed by atoms with van der Waals surface area (Å²) in [7, 11) is 0. The molecule has 0 unspecified atom stereocenters. The van der Waals surface area contributed by atoms with Crippen molar-refractivity contribution in [1.82, 2.24) is 0 Å². The van der Waals surface area contributed by atoms with E-state index in [2.05, 4.69) is 0 Å². The molecule has 0 spiro atoms. The molecule has 0 aliphatic rings. The number of rotatable bonds is 4. The average Bonchev–Trinajstić information content (AvgIpc) is 2.38. The number of aromatic carboxylic acids is 1. The molecular formula is C13H8INO5. The molecule has 6 nitrogen and oxygen atoms in total. The average molecular weight is 385 g/mol. The largest absolute Gasteiger partial charge is 0.478 e. The lowest BCUT2D eigenvalue weighted by Crippen LogP contribution is -1.96. The molecule has 2 aromatic carbocycles. The topological polar surface area (TPSA) is 89.7 Å². The van der Waals surface area contributed by atoms with Crippen LogP contribution < -0.4 is 4.74 Å². The molecule has 0 bridgehead atoms. The fourth-order valence-electron chi connectivity index (χ4n) is 1.53. The van der Waals surface area contributed by atoms with Crippen molar-refractivity contribution in [3.63, 3.8) is 0 Å². The van der Waals surface area contributed by atoms with Gasteiger partial charge in [0.2, 0.25) is 0 Å². The molecule has 102 valence electrons. The summed E-state index contributed by atoms with van der Waals surface area (Å²) in [5, 5.41) is 19.6. The van der Waals surface area contributed by atoms with E-state index in [1.807, 2.05) is 22.6 Å². The van der Waals surface area contributed by atoms with Gasteiger partial charge in [-0.3, -0.25) is 10.1 Å². The smallest absolute Gasteiger partial charge is 0.335 e. The van der Waals surface area contributed by atoms with Crippen LogP contribution in [0.15, 0.2) is 42.5 Å². The predicted octanol–water partition coefficient (Wildman–Crippen LogP) is 3.69. The summed E-state index contributed by atoms with van der Waals surface area (Å²) in [5.74, 6) is -0.286. The first-order valence-corrected chi connectivity index (χ1v) is 6.50. The lowest BCUT2D eigenvalue weighted by molar-refractivity contribution is -0.385. The zero-order chi connectivity index (χ0) is 14.7. The lowest BCUT2D eigenvalue weighted by Gasteiger charge is -2.07. The first-order valence-electron chi connectivity index (χ1n) is 5.42. The first kappa shape index (κ1) is 14.3. The number of ether oxygens (including phenoxy) is 1. The second-order valence-electron chi connectivity index (χ2n) is 3.81. The third-order valence-electron chi connectivity index (χ3n) is 2.43. The van der Waals surface area contributed by atoms with E-state index in [1.165, 1.54) is 30.3 Å². The quantitative estimate of drug-likeness (QED) is 0.493. The van der Waals surface area contributed by atoms with Crippen LogP contribution in [0, 0.1) is 13.7 Å². The summed E-state index contributed by atoms with van der Waals surface area (Å²) in [6, 6.07) is 10.3. The minimum absolute atomic E-state index is 0.00256. The van der Waals surface area contributed by atoms with Crippen LogP contribution in [0.4, 0.5) is 5.69 Å². The van der Waals surface area contributed by atoms with Gasteiger partial charge in [0.05, 0.1) is 14.1 Å². The van der Waals surface area contributed by atoms with Gasteiger partial charge in [-0.2, -0.15) is 0 Å². The maximum absolute atomic E-state index is 10.8. The van der Waals surface area contributed by atoms with Gasteiger partial charge in [0.1, 0.15) is 11.5 Å². The molecule has 20 heavy (non-hydrogen) atoms. The Morgan fingerprint density at radius 3 is 2.50 bits per heavy atom. The van der Waals surface area contributed by atoms with E-state index in [1.54, 1.807) is 12.1 Å². The third-order valence-corrected chi connectivity index (χ3v) is 3.30. The molecule has 0 atom stereocenters. The number of carboxylic acid groups (broad SMARTS) is 1. The van der Waals surface area contributed by atoms with E-state index >= 15 is 0 Å². The molecule has 7 heteroatoms. The second kappa shape index (κ2) is 5.87. The van der Waals surface area contributed by atoms with E-state index in [0.717, 1.165) is 0 Å². The minimum Gasteiger partial charge on any atom is -0.478 e. The molecule has 1 N–H and O–H groups in total. The standard InChI is InChI=1S/C13H8INO5/c14-11-7-10(4-5-12(11)15(18)19)20-9-3-1-2-8(6-9)13(16)17/h1-7H,(H,16,17). The number of halogens is 1. The summed E-state index contributed by atoms with van der Waals surface area (Å²) < 4.78 is 5.94. The van der Waals surface area contributed by atoms with Gasteiger partial charge in [0.25, 0.3) is 5.69 Å². The monoisotopic (exact) mass is 385 g/mol. The number of hydrogen-bond acceptors (Lipinski definition) is 4. The van der Waals surface area contributed by atoms with Crippen molar-refractivity contribution >= 4 is 34.2 Å². The van der Waals surface area contributed by atoms with Crippen LogP contribution in [0.25, 0.3) is 0 Å². The van der Waals surface area contributed by atoms with Crippen LogP contribution in [0.2, 0.25) is 0 Å². The van der Waals surface area contributed by atoms with Crippen LogP contribution in [0.3, 0.4) is 0 Å². The highest BCUT2D eigenvalue weighted by Gasteiger charge is 2.12. The van der Waals surface area contributed by atoms with Crippen LogP contribution in [0.5, 0.6) is 11.5 Å². The fraction of sp³-hybridized carbons (Fsp3) is 0. The molecule has 0 fully saturated rings. The van der Waals surface area contributed by atoms with Crippen LogP contribution in [-0.4, -0.2) is 16.0 Å². The molecule has 0 saturated carbocycles. The number of carboxylic acids is 1. The molecule has 2 rings (SSSR count). The number of hydrogen-bond donors (Lipinski definition) is 1. The highest BCUT2D eigenvalue weighted by Crippen LogP contribution is 2.28. The normalized spacial score (nSPS) is 10.1. The summed E-state index contributed by atoms with van der Waals surface area (Å²) in [6.45, 7) is 0. The molecule has 0 aliphatic heterocycles. The van der Waals surface area contributed by atoms with Crippen LogP contribution >= 0.6 is 22.6 Å². The summed E-state index contributed by atoms with van der Waals surface area (Å²) in [5.41, 5.74) is 0.108. The van der Waals surface area contributed by atoms with Crippen LogP contribution in [0.1, 0.15) is 10.4 Å². The number of nitrogens with zero attached hydrogens (tertiary/aromatic N) is 1.